The second-order valence-electron chi connectivity index (χ2n) is 6.10. The van der Waals surface area contributed by atoms with Crippen LogP contribution in [-0.2, 0) is 9.47 Å². The van der Waals surface area contributed by atoms with Gasteiger partial charge >= 0.3 is 0 Å². The zero-order chi connectivity index (χ0) is 13.7. The summed E-state index contributed by atoms with van der Waals surface area (Å²) in [5.41, 5.74) is 0.236. The van der Waals surface area contributed by atoms with Gasteiger partial charge in [0.25, 0.3) is 0 Å². The van der Waals surface area contributed by atoms with Crippen molar-refractivity contribution in [3.63, 3.8) is 0 Å². The second kappa shape index (κ2) is 6.60. The lowest BCUT2D eigenvalue weighted by atomic mass is 9.66. The number of rotatable bonds is 8. The largest absolute Gasteiger partial charge is 0.501 e. The van der Waals surface area contributed by atoms with E-state index in [1.807, 2.05) is 25.3 Å². The third-order valence-electron chi connectivity index (χ3n) is 5.22. The quantitative estimate of drug-likeness (QED) is 0.372. The molecule has 2 heteroatoms. The molecular weight excluding hydrogens is 236 g/mol. The lowest BCUT2D eigenvalue weighted by Gasteiger charge is -2.43. The molecule has 2 fully saturated rings. The Morgan fingerprint density at radius 3 is 2.84 bits per heavy atom. The summed E-state index contributed by atoms with van der Waals surface area (Å²) in [7, 11) is 0. The molecule has 0 saturated heterocycles. The van der Waals surface area contributed by atoms with E-state index in [4.69, 9.17) is 9.47 Å². The summed E-state index contributed by atoms with van der Waals surface area (Å²) >= 11 is 0. The van der Waals surface area contributed by atoms with E-state index in [2.05, 4.69) is 13.5 Å². The summed E-state index contributed by atoms with van der Waals surface area (Å²) in [6, 6.07) is 0. The van der Waals surface area contributed by atoms with Crippen molar-refractivity contribution in [2.75, 3.05) is 19.8 Å². The van der Waals surface area contributed by atoms with Gasteiger partial charge < -0.3 is 9.47 Å². The lowest BCUT2D eigenvalue weighted by molar-refractivity contribution is -0.0616. The number of fused-ring (bicyclic) bond motifs is 2. The fourth-order valence-electron chi connectivity index (χ4n) is 4.54. The minimum atomic E-state index is 0.236. The van der Waals surface area contributed by atoms with Gasteiger partial charge in [0, 0.05) is 5.41 Å². The molecule has 2 aliphatic rings. The Kier molecular flexibility index (Phi) is 5.09. The molecule has 0 spiro atoms. The molecule has 19 heavy (non-hydrogen) atoms. The molecule has 2 nitrogen and oxygen atoms in total. The fourth-order valence-corrected chi connectivity index (χ4v) is 4.54. The molecule has 0 aromatic carbocycles. The molecule has 0 aliphatic heterocycles. The van der Waals surface area contributed by atoms with Gasteiger partial charge in [-0.3, -0.25) is 0 Å². The van der Waals surface area contributed by atoms with E-state index in [0.29, 0.717) is 6.61 Å². The Bertz CT molecular complexity index is 323. The van der Waals surface area contributed by atoms with Crippen molar-refractivity contribution < 1.29 is 9.47 Å². The third kappa shape index (κ3) is 2.74. The SMILES string of the molecule is C=CCOCC1(COC=CC)C2CCC(C2)C1CC. The van der Waals surface area contributed by atoms with Gasteiger partial charge in [-0.05, 0) is 43.9 Å². The maximum absolute atomic E-state index is 5.86. The highest BCUT2D eigenvalue weighted by molar-refractivity contribution is 5.06. The monoisotopic (exact) mass is 264 g/mol. The first-order valence-corrected chi connectivity index (χ1v) is 7.70. The molecule has 2 bridgehead atoms. The van der Waals surface area contributed by atoms with Crippen LogP contribution in [0.3, 0.4) is 0 Å². The standard InChI is InChI=1S/C17H28O2/c1-4-9-18-12-17(13-19-10-5-2)15-8-7-14(11-15)16(17)6-3/h4-5,10,14-16H,1,6-9,11-13H2,2-3H3. The molecule has 0 amide bonds. The van der Waals surface area contributed by atoms with Crippen molar-refractivity contribution in [1.29, 1.82) is 0 Å². The molecule has 108 valence electrons. The van der Waals surface area contributed by atoms with Crippen molar-refractivity contribution in [2.45, 2.75) is 39.5 Å². The van der Waals surface area contributed by atoms with Gasteiger partial charge in [0.2, 0.25) is 0 Å². The maximum Gasteiger partial charge on any atom is 0.0956 e. The van der Waals surface area contributed by atoms with E-state index >= 15 is 0 Å². The molecule has 2 aliphatic carbocycles. The predicted molar refractivity (Wildman–Crippen MR) is 78.8 cm³/mol. The van der Waals surface area contributed by atoms with Crippen LogP contribution < -0.4 is 0 Å². The zero-order valence-corrected chi connectivity index (χ0v) is 12.4. The molecule has 0 aromatic heterocycles. The number of ether oxygens (including phenoxy) is 2. The van der Waals surface area contributed by atoms with Crippen LogP contribution in [-0.4, -0.2) is 19.8 Å². The normalized spacial score (nSPS) is 37.1. The summed E-state index contributed by atoms with van der Waals surface area (Å²) < 4.78 is 11.7. The van der Waals surface area contributed by atoms with Crippen molar-refractivity contribution in [3.05, 3.63) is 25.0 Å². The Hall–Kier alpha value is -0.760. The van der Waals surface area contributed by atoms with E-state index in [0.717, 1.165) is 31.0 Å². The van der Waals surface area contributed by atoms with E-state index in [9.17, 15) is 0 Å². The van der Waals surface area contributed by atoms with Gasteiger partial charge in [-0.1, -0.05) is 25.5 Å². The van der Waals surface area contributed by atoms with E-state index in [-0.39, 0.29) is 5.41 Å². The smallest absolute Gasteiger partial charge is 0.0956 e. The first-order valence-electron chi connectivity index (χ1n) is 7.70. The van der Waals surface area contributed by atoms with Crippen LogP contribution in [0.25, 0.3) is 0 Å². The van der Waals surface area contributed by atoms with Gasteiger partial charge in [0.05, 0.1) is 26.1 Å². The fraction of sp³-hybridized carbons (Fsp3) is 0.765. The predicted octanol–water partition coefficient (Wildman–Crippen LogP) is 4.18. The highest BCUT2D eigenvalue weighted by atomic mass is 16.5. The molecule has 0 N–H and O–H groups in total. The second-order valence-corrected chi connectivity index (χ2v) is 6.10. The summed E-state index contributed by atoms with van der Waals surface area (Å²) in [6.45, 7) is 10.4. The topological polar surface area (TPSA) is 18.5 Å². The first kappa shape index (κ1) is 14.6. The van der Waals surface area contributed by atoms with Crippen LogP contribution in [0.1, 0.15) is 39.5 Å². The van der Waals surface area contributed by atoms with Crippen LogP contribution >= 0.6 is 0 Å². The zero-order valence-electron chi connectivity index (χ0n) is 12.4. The van der Waals surface area contributed by atoms with Crippen LogP contribution in [0.15, 0.2) is 25.0 Å². The molecular formula is C17H28O2. The van der Waals surface area contributed by atoms with Gasteiger partial charge in [-0.2, -0.15) is 0 Å². The number of allylic oxidation sites excluding steroid dienone is 1. The van der Waals surface area contributed by atoms with Crippen molar-refractivity contribution in [3.8, 4) is 0 Å². The molecule has 0 heterocycles. The summed E-state index contributed by atoms with van der Waals surface area (Å²) in [5.74, 6) is 2.45. The van der Waals surface area contributed by atoms with E-state index in [1.54, 1.807) is 0 Å². The average Bonchev–Trinajstić information content (AvgIpc) is 2.99. The summed E-state index contributed by atoms with van der Waals surface area (Å²) in [4.78, 5) is 0. The van der Waals surface area contributed by atoms with Crippen molar-refractivity contribution in [2.24, 2.45) is 23.2 Å². The molecule has 4 unspecified atom stereocenters. The molecule has 0 aromatic rings. The minimum absolute atomic E-state index is 0.236. The highest BCUT2D eigenvalue weighted by Crippen LogP contribution is 2.60. The Balaban J connectivity index is 2.09. The Morgan fingerprint density at radius 1 is 1.32 bits per heavy atom. The van der Waals surface area contributed by atoms with Crippen LogP contribution in [0, 0.1) is 23.2 Å². The van der Waals surface area contributed by atoms with Crippen molar-refractivity contribution >= 4 is 0 Å². The number of hydrogen-bond donors (Lipinski definition) is 0. The van der Waals surface area contributed by atoms with Gasteiger partial charge in [0.1, 0.15) is 0 Å². The average molecular weight is 264 g/mol. The lowest BCUT2D eigenvalue weighted by Crippen LogP contribution is -2.44. The summed E-state index contributed by atoms with van der Waals surface area (Å²) in [5, 5.41) is 0. The summed E-state index contributed by atoms with van der Waals surface area (Å²) in [6.07, 6.45) is 11.0. The Morgan fingerprint density at radius 2 is 2.16 bits per heavy atom. The molecule has 4 atom stereocenters. The number of hydrogen-bond acceptors (Lipinski definition) is 2. The van der Waals surface area contributed by atoms with Crippen molar-refractivity contribution in [1.82, 2.24) is 0 Å². The van der Waals surface area contributed by atoms with Crippen LogP contribution in [0.5, 0.6) is 0 Å². The Labute approximate surface area is 117 Å². The molecule has 2 saturated carbocycles. The third-order valence-corrected chi connectivity index (χ3v) is 5.22. The van der Waals surface area contributed by atoms with Crippen LogP contribution in [0.4, 0.5) is 0 Å². The highest BCUT2D eigenvalue weighted by Gasteiger charge is 2.57. The minimum Gasteiger partial charge on any atom is -0.501 e. The van der Waals surface area contributed by atoms with Gasteiger partial charge in [-0.25, -0.2) is 0 Å². The molecule has 0 radical (unpaired) electrons. The molecule has 2 rings (SSSR count). The van der Waals surface area contributed by atoms with Gasteiger partial charge in [0.15, 0.2) is 0 Å². The van der Waals surface area contributed by atoms with Gasteiger partial charge in [-0.15, -0.1) is 6.58 Å². The van der Waals surface area contributed by atoms with E-state index in [1.165, 1.54) is 25.7 Å². The van der Waals surface area contributed by atoms with E-state index < -0.39 is 0 Å². The maximum atomic E-state index is 5.86. The first-order chi connectivity index (χ1) is 9.28. The van der Waals surface area contributed by atoms with Crippen LogP contribution in [0.2, 0.25) is 0 Å².